The van der Waals surface area contributed by atoms with Crippen LogP contribution in [0.1, 0.15) is 45.1 Å². The van der Waals surface area contributed by atoms with Crippen molar-refractivity contribution in [3.8, 4) is 0 Å². The van der Waals surface area contributed by atoms with Gasteiger partial charge >= 0.3 is 0 Å². The van der Waals surface area contributed by atoms with Crippen LogP contribution in [0.15, 0.2) is 17.8 Å². The van der Waals surface area contributed by atoms with Crippen LogP contribution >= 0.6 is 0 Å². The summed E-state index contributed by atoms with van der Waals surface area (Å²) in [5.74, 6) is 0.368. The zero-order chi connectivity index (χ0) is 15.1. The summed E-state index contributed by atoms with van der Waals surface area (Å²) in [6.07, 6.45) is 8.72. The SMILES string of the molecule is CCCCCC[C@H](CN=[N+]=[N-])n1cnc2c(N)ncnc21. The van der Waals surface area contributed by atoms with E-state index in [2.05, 4.69) is 31.9 Å². The molecule has 0 saturated heterocycles. The van der Waals surface area contributed by atoms with E-state index in [0.29, 0.717) is 23.5 Å². The number of nitrogen functional groups attached to an aromatic ring is 1. The van der Waals surface area contributed by atoms with Gasteiger partial charge in [0.2, 0.25) is 0 Å². The fourth-order valence-corrected chi connectivity index (χ4v) is 2.39. The summed E-state index contributed by atoms with van der Waals surface area (Å²) in [5.41, 5.74) is 15.7. The number of rotatable bonds is 8. The van der Waals surface area contributed by atoms with Gasteiger partial charge in [0.05, 0.1) is 6.33 Å². The average molecular weight is 288 g/mol. The highest BCUT2D eigenvalue weighted by molar-refractivity contribution is 5.81. The van der Waals surface area contributed by atoms with Crippen LogP contribution in [0.2, 0.25) is 0 Å². The van der Waals surface area contributed by atoms with Crippen LogP contribution in [0.3, 0.4) is 0 Å². The largest absolute Gasteiger partial charge is 0.382 e. The molecule has 21 heavy (non-hydrogen) atoms. The molecule has 2 aromatic heterocycles. The lowest BCUT2D eigenvalue weighted by Gasteiger charge is -2.16. The molecule has 0 amide bonds. The Kier molecular flexibility index (Phi) is 5.34. The van der Waals surface area contributed by atoms with Crippen LogP contribution < -0.4 is 5.73 Å². The second-order valence-corrected chi connectivity index (χ2v) is 5.00. The molecule has 0 saturated carbocycles. The van der Waals surface area contributed by atoms with E-state index >= 15 is 0 Å². The second-order valence-electron chi connectivity index (χ2n) is 5.00. The molecular weight excluding hydrogens is 268 g/mol. The Morgan fingerprint density at radius 1 is 1.33 bits per heavy atom. The predicted molar refractivity (Wildman–Crippen MR) is 81.5 cm³/mol. The van der Waals surface area contributed by atoms with Crippen molar-refractivity contribution in [3.63, 3.8) is 0 Å². The molecule has 1 atom stereocenters. The van der Waals surface area contributed by atoms with E-state index in [9.17, 15) is 0 Å². The van der Waals surface area contributed by atoms with Gasteiger partial charge in [0.1, 0.15) is 11.8 Å². The van der Waals surface area contributed by atoms with Gasteiger partial charge in [0.25, 0.3) is 0 Å². The lowest BCUT2D eigenvalue weighted by molar-refractivity contribution is 0.454. The van der Waals surface area contributed by atoms with Crippen LogP contribution in [0.4, 0.5) is 5.82 Å². The molecular formula is C13H20N8. The van der Waals surface area contributed by atoms with E-state index in [1.54, 1.807) is 6.33 Å². The number of fused-ring (bicyclic) bond motifs is 1. The molecule has 0 aromatic carbocycles. The molecule has 0 spiro atoms. The zero-order valence-corrected chi connectivity index (χ0v) is 12.2. The molecule has 2 N–H and O–H groups in total. The first-order valence-electron chi connectivity index (χ1n) is 7.21. The first-order chi connectivity index (χ1) is 10.3. The molecule has 2 aromatic rings. The van der Waals surface area contributed by atoms with E-state index < -0.39 is 0 Å². The minimum atomic E-state index is 0.0528. The highest BCUT2D eigenvalue weighted by Crippen LogP contribution is 2.23. The molecule has 0 aliphatic carbocycles. The average Bonchev–Trinajstić information content (AvgIpc) is 2.92. The number of nitrogens with two attached hydrogens (primary N) is 1. The number of imidazole rings is 1. The molecule has 8 heteroatoms. The lowest BCUT2D eigenvalue weighted by Crippen LogP contribution is -2.12. The Bertz CT molecular complexity index is 628. The van der Waals surface area contributed by atoms with Crippen molar-refractivity contribution in [3.05, 3.63) is 23.1 Å². The topological polar surface area (TPSA) is 118 Å². The van der Waals surface area contributed by atoms with Gasteiger partial charge in [-0.05, 0) is 12.0 Å². The fourth-order valence-electron chi connectivity index (χ4n) is 2.39. The standard InChI is InChI=1S/C13H20N8/c1-2-3-4-5-6-10(7-19-20-15)21-9-18-11-12(14)16-8-17-13(11)21/h8-10H,2-7H2,1H3,(H2,14,16,17)/t10-/m1/s1. The van der Waals surface area contributed by atoms with Crippen LogP contribution in [0, 0.1) is 0 Å². The Labute approximate surface area is 123 Å². The van der Waals surface area contributed by atoms with E-state index in [1.807, 2.05) is 4.57 Å². The number of nitrogens with zero attached hydrogens (tertiary/aromatic N) is 7. The number of aromatic nitrogens is 4. The van der Waals surface area contributed by atoms with E-state index in [0.717, 1.165) is 12.8 Å². The van der Waals surface area contributed by atoms with E-state index in [4.69, 9.17) is 11.3 Å². The maximum absolute atomic E-state index is 8.57. The number of unbranched alkanes of at least 4 members (excludes halogenated alkanes) is 3. The Balaban J connectivity index is 2.21. The number of azide groups is 1. The molecule has 0 unspecified atom stereocenters. The summed E-state index contributed by atoms with van der Waals surface area (Å²) in [7, 11) is 0. The van der Waals surface area contributed by atoms with Gasteiger partial charge in [-0.15, -0.1) is 0 Å². The summed E-state index contributed by atoms with van der Waals surface area (Å²) >= 11 is 0. The summed E-state index contributed by atoms with van der Waals surface area (Å²) in [6, 6.07) is 0.0528. The van der Waals surface area contributed by atoms with E-state index in [-0.39, 0.29) is 6.04 Å². The molecule has 0 radical (unpaired) electrons. The van der Waals surface area contributed by atoms with Gasteiger partial charge in [-0.2, -0.15) is 0 Å². The van der Waals surface area contributed by atoms with Crippen LogP contribution in [-0.4, -0.2) is 26.1 Å². The molecule has 0 bridgehead atoms. The third kappa shape index (κ3) is 3.61. The Hall–Kier alpha value is -2.34. The minimum absolute atomic E-state index is 0.0528. The molecule has 2 heterocycles. The van der Waals surface area contributed by atoms with Gasteiger partial charge in [0.15, 0.2) is 11.5 Å². The summed E-state index contributed by atoms with van der Waals surface area (Å²) < 4.78 is 1.94. The lowest BCUT2D eigenvalue weighted by atomic mass is 10.1. The molecule has 0 fully saturated rings. The van der Waals surface area contributed by atoms with Gasteiger partial charge in [0, 0.05) is 17.5 Å². The van der Waals surface area contributed by atoms with Crippen LogP contribution in [0.25, 0.3) is 21.6 Å². The van der Waals surface area contributed by atoms with Crippen molar-refractivity contribution in [2.24, 2.45) is 5.11 Å². The third-order valence-corrected chi connectivity index (χ3v) is 3.53. The van der Waals surface area contributed by atoms with Crippen molar-refractivity contribution in [1.29, 1.82) is 0 Å². The second kappa shape index (κ2) is 7.44. The monoisotopic (exact) mass is 288 g/mol. The highest BCUT2D eigenvalue weighted by atomic mass is 15.2. The predicted octanol–water partition coefficient (Wildman–Crippen LogP) is 3.23. The number of hydrogen-bond donors (Lipinski definition) is 1. The van der Waals surface area contributed by atoms with Crippen molar-refractivity contribution in [2.75, 3.05) is 12.3 Å². The normalized spacial score (nSPS) is 12.2. The van der Waals surface area contributed by atoms with Crippen LogP contribution in [0.5, 0.6) is 0 Å². The summed E-state index contributed by atoms with van der Waals surface area (Å²) in [4.78, 5) is 15.3. The summed E-state index contributed by atoms with van der Waals surface area (Å²) in [5, 5.41) is 3.71. The molecule has 0 aliphatic heterocycles. The smallest absolute Gasteiger partial charge is 0.165 e. The van der Waals surface area contributed by atoms with Gasteiger partial charge in [-0.3, -0.25) is 0 Å². The van der Waals surface area contributed by atoms with Gasteiger partial charge < -0.3 is 10.3 Å². The maximum atomic E-state index is 8.57. The minimum Gasteiger partial charge on any atom is -0.382 e. The quantitative estimate of drug-likeness (QED) is 0.347. The Morgan fingerprint density at radius 3 is 2.95 bits per heavy atom. The van der Waals surface area contributed by atoms with Crippen molar-refractivity contribution in [2.45, 2.75) is 45.1 Å². The van der Waals surface area contributed by atoms with Crippen molar-refractivity contribution < 1.29 is 0 Å². The maximum Gasteiger partial charge on any atom is 0.165 e. The first-order valence-corrected chi connectivity index (χ1v) is 7.21. The van der Waals surface area contributed by atoms with Crippen molar-refractivity contribution in [1.82, 2.24) is 19.5 Å². The third-order valence-electron chi connectivity index (χ3n) is 3.53. The first kappa shape index (κ1) is 15.1. The Morgan fingerprint density at radius 2 is 2.19 bits per heavy atom. The number of hydrogen-bond acceptors (Lipinski definition) is 5. The van der Waals surface area contributed by atoms with Gasteiger partial charge in [-0.25, -0.2) is 15.0 Å². The molecule has 0 aliphatic rings. The van der Waals surface area contributed by atoms with E-state index in [1.165, 1.54) is 25.6 Å². The molecule has 2 rings (SSSR count). The number of anilines is 1. The fraction of sp³-hybridized carbons (Fsp3) is 0.615. The molecule has 8 nitrogen and oxygen atoms in total. The van der Waals surface area contributed by atoms with Crippen molar-refractivity contribution >= 4 is 17.0 Å². The highest BCUT2D eigenvalue weighted by Gasteiger charge is 2.15. The molecule has 112 valence electrons. The zero-order valence-electron chi connectivity index (χ0n) is 12.2. The van der Waals surface area contributed by atoms with Crippen LogP contribution in [-0.2, 0) is 0 Å². The summed E-state index contributed by atoms with van der Waals surface area (Å²) in [6.45, 7) is 2.57. The van der Waals surface area contributed by atoms with Gasteiger partial charge in [-0.1, -0.05) is 37.7 Å².